The Kier molecular flexibility index (Phi) is 7.33. The first kappa shape index (κ1) is 20.7. The number of guanidine groups is 1. The Morgan fingerprint density at radius 3 is 2.75 bits per heavy atom. The Morgan fingerprint density at radius 1 is 1.29 bits per heavy atom. The third kappa shape index (κ3) is 5.97. The molecule has 0 radical (unpaired) electrons. The SMILES string of the molecule is CN=C(NCc1cc(F)ccc1F)NCC1CCN(Cc2csc(C)n2)CC1. The van der Waals surface area contributed by atoms with Crippen LogP contribution >= 0.6 is 11.3 Å². The van der Waals surface area contributed by atoms with Gasteiger partial charge in [0, 0.05) is 37.6 Å². The van der Waals surface area contributed by atoms with E-state index >= 15 is 0 Å². The molecule has 3 rings (SSSR count). The first-order valence-electron chi connectivity index (χ1n) is 9.55. The van der Waals surface area contributed by atoms with Crippen LogP contribution in [0.3, 0.4) is 0 Å². The van der Waals surface area contributed by atoms with E-state index in [9.17, 15) is 8.78 Å². The molecule has 1 aliphatic rings. The minimum absolute atomic E-state index is 0.189. The average molecular weight is 408 g/mol. The van der Waals surface area contributed by atoms with E-state index in [0.717, 1.165) is 61.9 Å². The van der Waals surface area contributed by atoms with E-state index in [2.05, 4.69) is 30.9 Å². The summed E-state index contributed by atoms with van der Waals surface area (Å²) in [7, 11) is 1.68. The fourth-order valence-corrected chi connectivity index (χ4v) is 3.98. The third-order valence-electron chi connectivity index (χ3n) is 5.00. The van der Waals surface area contributed by atoms with Crippen molar-refractivity contribution in [3.05, 3.63) is 51.5 Å². The van der Waals surface area contributed by atoms with Crippen molar-refractivity contribution in [3.8, 4) is 0 Å². The molecular formula is C20H27F2N5S. The highest BCUT2D eigenvalue weighted by atomic mass is 32.1. The molecule has 1 aromatic heterocycles. The van der Waals surface area contributed by atoms with E-state index in [1.807, 2.05) is 6.92 Å². The molecule has 0 spiro atoms. The number of halogens is 2. The molecule has 5 nitrogen and oxygen atoms in total. The number of aromatic nitrogens is 1. The smallest absolute Gasteiger partial charge is 0.191 e. The first-order chi connectivity index (χ1) is 13.5. The second kappa shape index (κ2) is 9.93. The van der Waals surface area contributed by atoms with E-state index < -0.39 is 11.6 Å². The van der Waals surface area contributed by atoms with Crippen LogP contribution in [-0.2, 0) is 13.1 Å². The molecule has 1 fully saturated rings. The van der Waals surface area contributed by atoms with Crippen molar-refractivity contribution in [2.45, 2.75) is 32.9 Å². The lowest BCUT2D eigenvalue weighted by Gasteiger charge is -2.31. The fraction of sp³-hybridized carbons (Fsp3) is 0.500. The molecule has 1 aliphatic heterocycles. The summed E-state index contributed by atoms with van der Waals surface area (Å²) in [6.07, 6.45) is 2.23. The summed E-state index contributed by atoms with van der Waals surface area (Å²) in [5.74, 6) is 0.301. The number of nitrogens with zero attached hydrogens (tertiary/aromatic N) is 3. The Labute approximate surface area is 168 Å². The lowest BCUT2D eigenvalue weighted by molar-refractivity contribution is 0.176. The van der Waals surface area contributed by atoms with Gasteiger partial charge >= 0.3 is 0 Å². The van der Waals surface area contributed by atoms with Crippen LogP contribution in [0.2, 0.25) is 0 Å². The van der Waals surface area contributed by atoms with Crippen LogP contribution < -0.4 is 10.6 Å². The predicted octanol–water partition coefficient (Wildman–Crippen LogP) is 3.31. The summed E-state index contributed by atoms with van der Waals surface area (Å²) in [6.45, 7) is 6.08. The number of thiazole rings is 1. The van der Waals surface area contributed by atoms with Crippen LogP contribution in [0.1, 0.15) is 29.1 Å². The van der Waals surface area contributed by atoms with Gasteiger partial charge in [-0.2, -0.15) is 0 Å². The monoisotopic (exact) mass is 407 g/mol. The molecule has 0 unspecified atom stereocenters. The highest BCUT2D eigenvalue weighted by Gasteiger charge is 2.20. The molecule has 0 bridgehead atoms. The van der Waals surface area contributed by atoms with Crippen LogP contribution in [0.15, 0.2) is 28.6 Å². The van der Waals surface area contributed by atoms with Gasteiger partial charge < -0.3 is 10.6 Å². The topological polar surface area (TPSA) is 52.6 Å². The van der Waals surface area contributed by atoms with Crippen molar-refractivity contribution in [2.75, 3.05) is 26.7 Å². The molecule has 28 heavy (non-hydrogen) atoms. The number of nitrogens with one attached hydrogen (secondary N) is 2. The molecule has 0 amide bonds. The molecular weight excluding hydrogens is 380 g/mol. The summed E-state index contributed by atoms with van der Waals surface area (Å²) in [4.78, 5) is 11.2. The lowest BCUT2D eigenvalue weighted by atomic mass is 9.97. The largest absolute Gasteiger partial charge is 0.356 e. The molecule has 0 saturated carbocycles. The Balaban J connectivity index is 1.39. The number of rotatable bonds is 6. The van der Waals surface area contributed by atoms with Gasteiger partial charge in [-0.1, -0.05) is 0 Å². The summed E-state index contributed by atoms with van der Waals surface area (Å²) in [6, 6.07) is 3.46. The van der Waals surface area contributed by atoms with E-state index in [-0.39, 0.29) is 12.1 Å². The standard InChI is InChI=1S/C20H27F2N5S/c1-14-26-18(13-28-14)12-27-7-5-15(6-8-27)10-24-20(23-2)25-11-16-9-17(21)3-4-19(16)22/h3-4,9,13,15H,5-8,10-12H2,1-2H3,(H2,23,24,25). The number of hydrogen-bond donors (Lipinski definition) is 2. The van der Waals surface area contributed by atoms with Crippen molar-refractivity contribution in [1.82, 2.24) is 20.5 Å². The Bertz CT molecular complexity index is 800. The molecule has 2 aromatic rings. The molecule has 2 heterocycles. The summed E-state index contributed by atoms with van der Waals surface area (Å²) >= 11 is 1.70. The lowest BCUT2D eigenvalue weighted by Crippen LogP contribution is -2.42. The normalized spacial score (nSPS) is 16.4. The second-order valence-electron chi connectivity index (χ2n) is 7.12. The van der Waals surface area contributed by atoms with Crippen LogP contribution in [-0.4, -0.2) is 42.5 Å². The summed E-state index contributed by atoms with van der Waals surface area (Å²) in [5.41, 5.74) is 1.45. The Morgan fingerprint density at radius 2 is 2.07 bits per heavy atom. The molecule has 0 aliphatic carbocycles. The highest BCUT2D eigenvalue weighted by Crippen LogP contribution is 2.19. The number of hydrogen-bond acceptors (Lipinski definition) is 4. The summed E-state index contributed by atoms with van der Waals surface area (Å²) in [5, 5.41) is 9.61. The number of aliphatic imine (C=N–C) groups is 1. The van der Waals surface area contributed by atoms with Crippen molar-refractivity contribution < 1.29 is 8.78 Å². The van der Waals surface area contributed by atoms with Crippen molar-refractivity contribution >= 4 is 17.3 Å². The van der Waals surface area contributed by atoms with Crippen molar-refractivity contribution in [2.24, 2.45) is 10.9 Å². The highest BCUT2D eigenvalue weighted by molar-refractivity contribution is 7.09. The third-order valence-corrected chi connectivity index (χ3v) is 5.82. The maximum atomic E-state index is 13.7. The minimum atomic E-state index is -0.444. The fourth-order valence-electron chi connectivity index (χ4n) is 3.38. The Hall–Kier alpha value is -2.06. The molecule has 1 saturated heterocycles. The van der Waals surface area contributed by atoms with Gasteiger partial charge in [-0.15, -0.1) is 11.3 Å². The minimum Gasteiger partial charge on any atom is -0.356 e. The van der Waals surface area contributed by atoms with Crippen LogP contribution in [0.4, 0.5) is 8.78 Å². The average Bonchev–Trinajstić information content (AvgIpc) is 3.10. The van der Waals surface area contributed by atoms with Crippen LogP contribution in [0.5, 0.6) is 0 Å². The second-order valence-corrected chi connectivity index (χ2v) is 8.18. The number of aryl methyl sites for hydroxylation is 1. The number of piperidine rings is 1. The molecule has 2 N–H and O–H groups in total. The van der Waals surface area contributed by atoms with Gasteiger partial charge in [-0.05, 0) is 57.0 Å². The van der Waals surface area contributed by atoms with E-state index in [1.54, 1.807) is 18.4 Å². The maximum absolute atomic E-state index is 13.7. The van der Waals surface area contributed by atoms with Crippen LogP contribution in [0, 0.1) is 24.5 Å². The van der Waals surface area contributed by atoms with Gasteiger partial charge in [0.25, 0.3) is 0 Å². The number of likely N-dealkylation sites (tertiary alicyclic amines) is 1. The first-order valence-corrected chi connectivity index (χ1v) is 10.4. The zero-order valence-electron chi connectivity index (χ0n) is 16.3. The zero-order chi connectivity index (χ0) is 19.9. The molecule has 152 valence electrons. The van der Waals surface area contributed by atoms with E-state index in [4.69, 9.17) is 0 Å². The van der Waals surface area contributed by atoms with E-state index in [1.165, 1.54) is 6.07 Å². The van der Waals surface area contributed by atoms with Crippen molar-refractivity contribution in [3.63, 3.8) is 0 Å². The van der Waals surface area contributed by atoms with Gasteiger partial charge in [0.15, 0.2) is 5.96 Å². The summed E-state index contributed by atoms with van der Waals surface area (Å²) < 4.78 is 27.0. The molecule has 0 atom stereocenters. The van der Waals surface area contributed by atoms with Gasteiger partial charge in [0.1, 0.15) is 11.6 Å². The van der Waals surface area contributed by atoms with Crippen molar-refractivity contribution in [1.29, 1.82) is 0 Å². The number of benzene rings is 1. The van der Waals surface area contributed by atoms with Crippen LogP contribution in [0.25, 0.3) is 0 Å². The maximum Gasteiger partial charge on any atom is 0.191 e. The van der Waals surface area contributed by atoms with Gasteiger partial charge in [0.05, 0.1) is 10.7 Å². The zero-order valence-corrected chi connectivity index (χ0v) is 17.2. The predicted molar refractivity (Wildman–Crippen MR) is 109 cm³/mol. The van der Waals surface area contributed by atoms with E-state index in [0.29, 0.717) is 11.9 Å². The van der Waals surface area contributed by atoms with Gasteiger partial charge in [-0.25, -0.2) is 13.8 Å². The molecule has 1 aromatic carbocycles. The van der Waals surface area contributed by atoms with Gasteiger partial charge in [-0.3, -0.25) is 9.89 Å². The molecule has 8 heteroatoms. The van der Waals surface area contributed by atoms with Gasteiger partial charge in [0.2, 0.25) is 0 Å². The quantitative estimate of drug-likeness (QED) is 0.570.